The fourth-order valence-electron chi connectivity index (χ4n) is 8.38. The Labute approximate surface area is 205 Å². The molecule has 1 saturated heterocycles. The van der Waals surface area contributed by atoms with Gasteiger partial charge in [-0.25, -0.2) is 4.39 Å². The van der Waals surface area contributed by atoms with Crippen molar-refractivity contribution in [2.45, 2.75) is 55.2 Å². The van der Waals surface area contributed by atoms with Gasteiger partial charge in [-0.3, -0.25) is 4.90 Å². The van der Waals surface area contributed by atoms with Gasteiger partial charge in [0.2, 0.25) is 0 Å². The van der Waals surface area contributed by atoms with Gasteiger partial charge >= 0.3 is 0 Å². The molecule has 0 radical (unpaired) electrons. The lowest BCUT2D eigenvalue weighted by Crippen LogP contribution is -2.79. The second-order valence-corrected chi connectivity index (χ2v) is 11.3. The van der Waals surface area contributed by atoms with Gasteiger partial charge in [0.25, 0.3) is 0 Å². The van der Waals surface area contributed by atoms with Crippen LogP contribution < -0.4 is 14.8 Å². The standard InChI is InChI=1S/C29H32FN3O2/c1-34-22-9-8-18-14-23-29(31-12-11-30)15-20-19-4-2-3-5-21(19)32-25(20)27-28(29,24(18)26(22)35-27)10-13-33(23)16-17-6-7-17/h2-5,8-9,17,23,27,31-32H,6-7,10-16H2,1H3/t23-,27+,28-,29-/m1/s1. The van der Waals surface area contributed by atoms with E-state index in [2.05, 4.69) is 51.6 Å². The predicted octanol–water partition coefficient (Wildman–Crippen LogP) is 4.44. The molecule has 8 rings (SSSR count). The molecule has 3 aliphatic carbocycles. The second-order valence-electron chi connectivity index (χ2n) is 11.3. The first kappa shape index (κ1) is 20.6. The number of likely N-dealkylation sites (tertiary alicyclic amines) is 1. The molecule has 2 aliphatic heterocycles. The van der Waals surface area contributed by atoms with Crippen LogP contribution in [0, 0.1) is 5.92 Å². The number of nitrogens with zero attached hydrogens (tertiary/aromatic N) is 1. The average Bonchev–Trinajstić information content (AvgIpc) is 3.52. The largest absolute Gasteiger partial charge is 0.493 e. The van der Waals surface area contributed by atoms with Crippen LogP contribution in [-0.2, 0) is 18.3 Å². The summed E-state index contributed by atoms with van der Waals surface area (Å²) in [6.07, 6.45) is 5.40. The number of rotatable bonds is 6. The summed E-state index contributed by atoms with van der Waals surface area (Å²) in [6, 6.07) is 13.2. The van der Waals surface area contributed by atoms with Crippen LogP contribution >= 0.6 is 0 Å². The topological polar surface area (TPSA) is 49.5 Å². The number of H-pyrrole nitrogens is 1. The Bertz CT molecular complexity index is 1350. The van der Waals surface area contributed by atoms with Gasteiger partial charge in [0, 0.05) is 35.6 Å². The monoisotopic (exact) mass is 473 g/mol. The number of nitrogens with one attached hydrogen (secondary N) is 2. The van der Waals surface area contributed by atoms with Crippen molar-refractivity contribution in [2.24, 2.45) is 5.92 Å². The van der Waals surface area contributed by atoms with Gasteiger partial charge in [-0.15, -0.1) is 0 Å². The predicted molar refractivity (Wildman–Crippen MR) is 133 cm³/mol. The van der Waals surface area contributed by atoms with Crippen molar-refractivity contribution in [3.8, 4) is 11.5 Å². The maximum atomic E-state index is 13.9. The molecular formula is C29H32FN3O2. The highest BCUT2D eigenvalue weighted by molar-refractivity contribution is 5.86. The molecule has 5 nitrogen and oxygen atoms in total. The van der Waals surface area contributed by atoms with E-state index in [0.29, 0.717) is 12.6 Å². The minimum atomic E-state index is -0.364. The van der Waals surface area contributed by atoms with Gasteiger partial charge in [-0.05, 0) is 67.8 Å². The van der Waals surface area contributed by atoms with Crippen molar-refractivity contribution in [2.75, 3.05) is 33.4 Å². The van der Waals surface area contributed by atoms with Gasteiger partial charge < -0.3 is 19.8 Å². The number of halogens is 1. The van der Waals surface area contributed by atoms with Crippen molar-refractivity contribution in [1.82, 2.24) is 15.2 Å². The summed E-state index contributed by atoms with van der Waals surface area (Å²) in [6.45, 7) is 2.22. The number of para-hydroxylation sites is 1. The van der Waals surface area contributed by atoms with Crippen molar-refractivity contribution >= 4 is 10.9 Å². The maximum Gasteiger partial charge on any atom is 0.166 e. The van der Waals surface area contributed by atoms with Gasteiger partial charge in [0.1, 0.15) is 6.67 Å². The van der Waals surface area contributed by atoms with E-state index in [0.717, 1.165) is 55.3 Å². The average molecular weight is 474 g/mol. The van der Waals surface area contributed by atoms with Crippen molar-refractivity contribution < 1.29 is 13.9 Å². The Hall–Kier alpha value is -2.57. The zero-order valence-corrected chi connectivity index (χ0v) is 20.2. The third kappa shape index (κ3) is 2.45. The molecular weight excluding hydrogens is 441 g/mol. The molecule has 6 heteroatoms. The molecule has 2 bridgehead atoms. The lowest BCUT2D eigenvalue weighted by atomic mass is 9.47. The smallest absolute Gasteiger partial charge is 0.166 e. The lowest BCUT2D eigenvalue weighted by Gasteiger charge is -2.65. The first-order chi connectivity index (χ1) is 17.2. The van der Waals surface area contributed by atoms with E-state index in [1.807, 2.05) is 0 Å². The first-order valence-electron chi connectivity index (χ1n) is 13.2. The molecule has 1 spiro atoms. The summed E-state index contributed by atoms with van der Waals surface area (Å²) in [5.41, 5.74) is 5.85. The summed E-state index contributed by atoms with van der Waals surface area (Å²) in [5.74, 6) is 2.53. The quantitative estimate of drug-likeness (QED) is 0.556. The third-order valence-corrected chi connectivity index (χ3v) is 9.86. The molecule has 182 valence electrons. The van der Waals surface area contributed by atoms with E-state index < -0.39 is 0 Å². The molecule has 1 aromatic heterocycles. The third-order valence-electron chi connectivity index (χ3n) is 9.86. The van der Waals surface area contributed by atoms with Gasteiger partial charge in [0.05, 0.1) is 23.8 Å². The Balaban J connectivity index is 1.43. The number of fused-ring (bicyclic) bond motifs is 4. The van der Waals surface area contributed by atoms with Crippen molar-refractivity contribution in [1.29, 1.82) is 0 Å². The molecule has 4 atom stereocenters. The summed E-state index contributed by atoms with van der Waals surface area (Å²) in [4.78, 5) is 6.51. The lowest BCUT2D eigenvalue weighted by molar-refractivity contribution is -0.0753. The molecule has 2 aromatic carbocycles. The maximum absolute atomic E-state index is 13.9. The van der Waals surface area contributed by atoms with Crippen LogP contribution in [-0.4, -0.2) is 54.9 Å². The first-order valence-corrected chi connectivity index (χ1v) is 13.2. The van der Waals surface area contributed by atoms with Crippen molar-refractivity contribution in [3.63, 3.8) is 0 Å². The zero-order valence-electron chi connectivity index (χ0n) is 20.2. The number of alkyl halides is 1. The number of hydrogen-bond acceptors (Lipinski definition) is 4. The van der Waals surface area contributed by atoms with Gasteiger partial charge in [0.15, 0.2) is 17.6 Å². The number of aromatic amines is 1. The molecule has 0 unspecified atom stereocenters. The Kier molecular flexibility index (Phi) is 4.13. The zero-order chi connectivity index (χ0) is 23.4. The summed E-state index contributed by atoms with van der Waals surface area (Å²) >= 11 is 0. The van der Waals surface area contributed by atoms with Crippen molar-refractivity contribution in [3.05, 3.63) is 58.8 Å². The highest BCUT2D eigenvalue weighted by Gasteiger charge is 2.73. The van der Waals surface area contributed by atoms with Crippen LogP contribution in [0.3, 0.4) is 0 Å². The molecule has 35 heavy (non-hydrogen) atoms. The Morgan fingerprint density at radius 3 is 2.94 bits per heavy atom. The molecule has 1 saturated carbocycles. The van der Waals surface area contributed by atoms with Gasteiger partial charge in [-0.1, -0.05) is 24.3 Å². The van der Waals surface area contributed by atoms with E-state index in [4.69, 9.17) is 9.47 Å². The van der Waals surface area contributed by atoms with Crippen LogP contribution in [0.5, 0.6) is 11.5 Å². The minimum absolute atomic E-state index is 0.137. The fraction of sp³-hybridized carbons (Fsp3) is 0.517. The van der Waals surface area contributed by atoms with Crippen LogP contribution in [0.1, 0.15) is 47.8 Å². The van der Waals surface area contributed by atoms with Crippen LogP contribution in [0.2, 0.25) is 0 Å². The van der Waals surface area contributed by atoms with Crippen LogP contribution in [0.4, 0.5) is 4.39 Å². The summed E-state index contributed by atoms with van der Waals surface area (Å²) in [7, 11) is 1.73. The molecule has 3 heterocycles. The van der Waals surface area contributed by atoms with E-state index >= 15 is 0 Å². The minimum Gasteiger partial charge on any atom is -0.493 e. The van der Waals surface area contributed by atoms with Crippen LogP contribution in [0.25, 0.3) is 10.9 Å². The molecule has 2 fully saturated rings. The molecule has 2 N–H and O–H groups in total. The summed E-state index contributed by atoms with van der Waals surface area (Å²) < 4.78 is 26.7. The van der Waals surface area contributed by atoms with E-state index in [-0.39, 0.29) is 23.7 Å². The molecule has 3 aromatic rings. The number of methoxy groups -OCH3 is 1. The Morgan fingerprint density at radius 2 is 2.11 bits per heavy atom. The van der Waals surface area contributed by atoms with E-state index in [9.17, 15) is 4.39 Å². The molecule has 0 amide bonds. The van der Waals surface area contributed by atoms with E-state index in [1.54, 1.807) is 7.11 Å². The second kappa shape index (κ2) is 7.01. The number of piperidine rings is 1. The Morgan fingerprint density at radius 1 is 1.23 bits per heavy atom. The normalized spacial score (nSPS) is 32.3. The number of aromatic nitrogens is 1. The highest BCUT2D eigenvalue weighted by Crippen LogP contribution is 2.69. The SMILES string of the molecule is COc1ccc2c3c1O[C@H]1c4[nH]c5ccccc5c4C[C@@]4(NCCF)[C@@H](C2)N(CC2CC2)CC[C@@]314. The van der Waals surface area contributed by atoms with Gasteiger partial charge in [-0.2, -0.15) is 0 Å². The number of hydrogen-bond donors (Lipinski definition) is 2. The fourth-order valence-corrected chi connectivity index (χ4v) is 8.38. The van der Waals surface area contributed by atoms with Crippen LogP contribution in [0.15, 0.2) is 36.4 Å². The highest BCUT2D eigenvalue weighted by atomic mass is 19.1. The summed E-state index contributed by atoms with van der Waals surface area (Å²) in [5, 5.41) is 5.16. The number of ether oxygens (including phenoxy) is 2. The molecule has 5 aliphatic rings. The van der Waals surface area contributed by atoms with E-state index in [1.165, 1.54) is 40.6 Å². The number of benzene rings is 2.